The number of hydrogen-bond donors (Lipinski definition) is 1. The van der Waals surface area contributed by atoms with E-state index in [1.165, 1.54) is 17.0 Å². The number of amides is 2. The summed E-state index contributed by atoms with van der Waals surface area (Å²) in [5.74, 6) is -0.116. The smallest absolute Gasteiger partial charge is 0.264 e. The maximum atomic E-state index is 14.7. The maximum Gasteiger partial charge on any atom is 0.264 e. The van der Waals surface area contributed by atoms with E-state index in [2.05, 4.69) is 5.32 Å². The van der Waals surface area contributed by atoms with Gasteiger partial charge >= 0.3 is 0 Å². The van der Waals surface area contributed by atoms with Gasteiger partial charge in [-0.05, 0) is 66.8 Å². The largest absolute Gasteiger partial charge is 0.497 e. The molecule has 4 aromatic rings. The van der Waals surface area contributed by atoms with Crippen molar-refractivity contribution >= 4 is 27.5 Å². The Morgan fingerprint density at radius 3 is 2.15 bits per heavy atom. The zero-order chi connectivity index (χ0) is 33.2. The highest BCUT2D eigenvalue weighted by molar-refractivity contribution is 7.92. The van der Waals surface area contributed by atoms with Crippen molar-refractivity contribution < 1.29 is 22.7 Å². The van der Waals surface area contributed by atoms with Crippen molar-refractivity contribution in [2.45, 2.75) is 69.0 Å². The average molecular weight is 654 g/mol. The minimum Gasteiger partial charge on any atom is -0.497 e. The van der Waals surface area contributed by atoms with Crippen LogP contribution in [0.4, 0.5) is 5.69 Å². The zero-order valence-electron chi connectivity index (χ0n) is 27.0. The van der Waals surface area contributed by atoms with Crippen molar-refractivity contribution in [3.05, 3.63) is 126 Å². The monoisotopic (exact) mass is 653 g/mol. The fourth-order valence-electron chi connectivity index (χ4n) is 6.14. The highest BCUT2D eigenvalue weighted by Crippen LogP contribution is 2.28. The van der Waals surface area contributed by atoms with E-state index >= 15 is 0 Å². The van der Waals surface area contributed by atoms with E-state index in [-0.39, 0.29) is 29.8 Å². The third-order valence-electron chi connectivity index (χ3n) is 8.70. The van der Waals surface area contributed by atoms with Crippen LogP contribution in [-0.2, 0) is 32.6 Å². The third kappa shape index (κ3) is 8.60. The topological polar surface area (TPSA) is 96.0 Å². The lowest BCUT2D eigenvalue weighted by Crippen LogP contribution is -2.55. The normalized spacial score (nSPS) is 14.2. The fraction of sp³-hybridized carbons (Fsp3) is 0.316. The Labute approximate surface area is 278 Å². The second kappa shape index (κ2) is 15.8. The molecule has 5 rings (SSSR count). The van der Waals surface area contributed by atoms with Crippen molar-refractivity contribution in [1.29, 1.82) is 0 Å². The first-order valence-corrected chi connectivity index (χ1v) is 17.6. The number of ether oxygens (including phenoxy) is 1. The van der Waals surface area contributed by atoms with Crippen LogP contribution in [0.2, 0.25) is 0 Å². The summed E-state index contributed by atoms with van der Waals surface area (Å²) in [6.45, 7) is 1.41. The predicted octanol–water partition coefficient (Wildman–Crippen LogP) is 6.29. The van der Waals surface area contributed by atoms with Gasteiger partial charge in [-0.3, -0.25) is 13.9 Å². The van der Waals surface area contributed by atoms with Crippen LogP contribution in [0, 0.1) is 6.92 Å². The number of rotatable bonds is 13. The molecule has 2 amide bonds. The van der Waals surface area contributed by atoms with E-state index < -0.39 is 28.5 Å². The van der Waals surface area contributed by atoms with Gasteiger partial charge in [-0.2, -0.15) is 0 Å². The Bertz CT molecular complexity index is 1740. The van der Waals surface area contributed by atoms with Crippen LogP contribution in [-0.4, -0.2) is 50.9 Å². The van der Waals surface area contributed by atoms with E-state index in [1.807, 2.05) is 73.7 Å². The van der Waals surface area contributed by atoms with Crippen LogP contribution in [0.3, 0.4) is 0 Å². The summed E-state index contributed by atoms with van der Waals surface area (Å²) >= 11 is 0. The van der Waals surface area contributed by atoms with Gasteiger partial charge in [0.05, 0.1) is 17.7 Å². The van der Waals surface area contributed by atoms with Gasteiger partial charge < -0.3 is 15.0 Å². The Balaban J connectivity index is 1.57. The number of para-hydroxylation sites is 1. The van der Waals surface area contributed by atoms with Gasteiger partial charge in [-0.15, -0.1) is 0 Å². The lowest BCUT2D eigenvalue weighted by Gasteiger charge is -2.35. The molecule has 0 saturated heterocycles. The quantitative estimate of drug-likeness (QED) is 0.183. The molecule has 0 aromatic heterocycles. The van der Waals surface area contributed by atoms with Crippen LogP contribution in [0.15, 0.2) is 114 Å². The molecule has 0 aliphatic heterocycles. The van der Waals surface area contributed by atoms with Crippen molar-refractivity contribution in [2.75, 3.05) is 18.0 Å². The molecule has 0 spiro atoms. The second-order valence-corrected chi connectivity index (χ2v) is 13.9. The molecule has 1 aliphatic carbocycles. The summed E-state index contributed by atoms with van der Waals surface area (Å²) in [7, 11) is -2.58. The average Bonchev–Trinajstić information content (AvgIpc) is 3.10. The molecule has 9 heteroatoms. The maximum absolute atomic E-state index is 14.7. The number of nitrogens with zero attached hydrogens (tertiary/aromatic N) is 2. The summed E-state index contributed by atoms with van der Waals surface area (Å²) in [6.07, 6.45) is 5.29. The van der Waals surface area contributed by atoms with Crippen LogP contribution in [0.25, 0.3) is 0 Å². The number of aryl methyl sites for hydroxylation is 1. The molecular weight excluding hydrogens is 611 g/mol. The molecule has 1 saturated carbocycles. The van der Waals surface area contributed by atoms with E-state index in [1.54, 1.807) is 37.4 Å². The lowest BCUT2D eigenvalue weighted by molar-refractivity contribution is -0.140. The number of anilines is 1. The zero-order valence-corrected chi connectivity index (χ0v) is 27.9. The molecule has 0 unspecified atom stereocenters. The third-order valence-corrected chi connectivity index (χ3v) is 10.5. The highest BCUT2D eigenvalue weighted by Gasteiger charge is 2.35. The first-order valence-electron chi connectivity index (χ1n) is 16.2. The van der Waals surface area contributed by atoms with Gasteiger partial charge in [0.25, 0.3) is 10.0 Å². The number of benzene rings is 4. The summed E-state index contributed by atoms with van der Waals surface area (Å²) in [5, 5.41) is 3.24. The van der Waals surface area contributed by atoms with Crippen molar-refractivity contribution in [1.82, 2.24) is 10.2 Å². The van der Waals surface area contributed by atoms with Gasteiger partial charge in [0, 0.05) is 19.0 Å². The van der Waals surface area contributed by atoms with Gasteiger partial charge in [0.15, 0.2) is 0 Å². The molecule has 0 bridgehead atoms. The van der Waals surface area contributed by atoms with Gasteiger partial charge in [-0.25, -0.2) is 8.42 Å². The minimum absolute atomic E-state index is 0.0326. The molecule has 4 aromatic carbocycles. The van der Waals surface area contributed by atoms with E-state index in [4.69, 9.17) is 4.74 Å². The summed E-state index contributed by atoms with van der Waals surface area (Å²) in [6, 6.07) is 31.3. The van der Waals surface area contributed by atoms with Gasteiger partial charge in [-0.1, -0.05) is 98.1 Å². The molecule has 47 heavy (non-hydrogen) atoms. The molecule has 0 radical (unpaired) electrons. The van der Waals surface area contributed by atoms with Gasteiger partial charge in [0.1, 0.15) is 18.3 Å². The van der Waals surface area contributed by atoms with Crippen molar-refractivity contribution in [3.63, 3.8) is 0 Å². The molecule has 0 heterocycles. The number of nitrogens with one attached hydrogen (secondary N) is 1. The van der Waals surface area contributed by atoms with Gasteiger partial charge in [0.2, 0.25) is 11.8 Å². The number of hydrogen-bond acceptors (Lipinski definition) is 5. The molecule has 1 N–H and O–H groups in total. The van der Waals surface area contributed by atoms with Crippen molar-refractivity contribution in [2.24, 2.45) is 0 Å². The van der Waals surface area contributed by atoms with Crippen molar-refractivity contribution in [3.8, 4) is 5.75 Å². The molecular formula is C38H43N3O5S. The first-order chi connectivity index (χ1) is 22.8. The van der Waals surface area contributed by atoms with E-state index in [9.17, 15) is 18.0 Å². The Morgan fingerprint density at radius 2 is 1.47 bits per heavy atom. The molecule has 246 valence electrons. The first kappa shape index (κ1) is 33.7. The summed E-state index contributed by atoms with van der Waals surface area (Å²) in [4.78, 5) is 30.6. The second-order valence-electron chi connectivity index (χ2n) is 12.0. The van der Waals surface area contributed by atoms with Crippen LogP contribution in [0.5, 0.6) is 5.75 Å². The van der Waals surface area contributed by atoms with E-state index in [0.29, 0.717) is 17.0 Å². The number of methoxy groups -OCH3 is 1. The Kier molecular flexibility index (Phi) is 11.3. The molecule has 1 atom stereocenters. The highest BCUT2D eigenvalue weighted by atomic mass is 32.2. The van der Waals surface area contributed by atoms with E-state index in [0.717, 1.165) is 47.5 Å². The fourth-order valence-corrected chi connectivity index (χ4v) is 7.64. The molecule has 1 aliphatic rings. The Morgan fingerprint density at radius 1 is 0.830 bits per heavy atom. The SMILES string of the molecule is COc1cccc(CN(C(=O)CN(c2ccccc2C)S(=O)(=O)c2ccccc2)[C@H](Cc2ccccc2)C(=O)NC2CCCCC2)c1. The number of carbonyl (C=O) groups excluding carboxylic acids is 2. The molecule has 8 nitrogen and oxygen atoms in total. The number of carbonyl (C=O) groups is 2. The van der Waals surface area contributed by atoms with Crippen LogP contribution < -0.4 is 14.4 Å². The van der Waals surface area contributed by atoms with Crippen LogP contribution in [0.1, 0.15) is 48.8 Å². The Hall–Kier alpha value is -4.63. The number of sulfonamides is 1. The standard InChI is InChI=1S/C38H43N3O5S/c1-29-15-12-13-24-35(29)41(47(44,45)34-22-10-5-11-23-34)28-37(42)40(27-31-18-14-21-33(25-31)46-2)36(26-30-16-6-3-7-17-30)38(43)39-32-19-8-4-9-20-32/h3,5-7,10-18,21-25,32,36H,4,8-9,19-20,26-28H2,1-2H3,(H,39,43)/t36-/m1/s1. The molecule has 1 fully saturated rings. The lowest BCUT2D eigenvalue weighted by atomic mass is 9.94. The summed E-state index contributed by atoms with van der Waals surface area (Å²) < 4.78 is 35.0. The van der Waals surface area contributed by atoms with Crippen LogP contribution >= 0.6 is 0 Å². The summed E-state index contributed by atoms with van der Waals surface area (Å²) in [5.41, 5.74) is 2.76. The minimum atomic E-state index is -4.15. The predicted molar refractivity (Wildman–Crippen MR) is 185 cm³/mol.